The maximum atomic E-state index is 6.17. The van der Waals surface area contributed by atoms with E-state index in [9.17, 15) is 0 Å². The van der Waals surface area contributed by atoms with E-state index in [4.69, 9.17) is 17.0 Å². The van der Waals surface area contributed by atoms with Crippen LogP contribution in [0.1, 0.15) is 24.1 Å². The molecule has 1 aliphatic rings. The number of hydrogen-bond donors (Lipinski definition) is 1. The standard InChI is InChI=1S/C35H28BrN3OS/c36-26-16-18-27(19-17-26)37-34(41)33-32(25-14-20-29(21-15-25)40-28-11-5-2-6-12-28)30-13-7-8-22-38-31(23-39(33)35(30)38)24-9-3-1-4-10-24/h1-6,9-12,14-21,23H,7-8,13,22H2,(H,37,41). The van der Waals surface area contributed by atoms with Crippen LogP contribution >= 0.6 is 28.1 Å². The maximum Gasteiger partial charge on any atom is 0.128 e. The predicted molar refractivity (Wildman–Crippen MR) is 175 cm³/mol. The van der Waals surface area contributed by atoms with E-state index in [0.717, 1.165) is 58.7 Å². The van der Waals surface area contributed by atoms with Gasteiger partial charge in [0.2, 0.25) is 0 Å². The van der Waals surface area contributed by atoms with Crippen molar-refractivity contribution in [3.8, 4) is 33.9 Å². The molecule has 1 N–H and O–H groups in total. The van der Waals surface area contributed by atoms with Crippen LogP contribution in [0.4, 0.5) is 5.69 Å². The smallest absolute Gasteiger partial charge is 0.128 e. The molecule has 0 aliphatic carbocycles. The topological polar surface area (TPSA) is 30.6 Å². The van der Waals surface area contributed by atoms with Gasteiger partial charge in [0.1, 0.15) is 22.1 Å². The zero-order valence-electron chi connectivity index (χ0n) is 22.4. The van der Waals surface area contributed by atoms with Crippen molar-refractivity contribution in [1.82, 2.24) is 8.97 Å². The molecule has 0 fully saturated rings. The number of thiocarbonyl (C=S) groups is 1. The molecule has 41 heavy (non-hydrogen) atoms. The lowest BCUT2D eigenvalue weighted by Gasteiger charge is -2.13. The Labute approximate surface area is 253 Å². The number of aryl methyl sites for hydroxylation is 2. The van der Waals surface area contributed by atoms with Gasteiger partial charge in [0.15, 0.2) is 0 Å². The molecule has 0 amide bonds. The third kappa shape index (κ3) is 4.98. The molecule has 202 valence electrons. The number of benzene rings is 4. The molecule has 3 heterocycles. The minimum atomic E-state index is 0.700. The van der Waals surface area contributed by atoms with Crippen LogP contribution in [-0.2, 0) is 13.0 Å². The summed E-state index contributed by atoms with van der Waals surface area (Å²) in [7, 11) is 0. The summed E-state index contributed by atoms with van der Waals surface area (Å²) in [6, 6.07) is 37.1. The van der Waals surface area contributed by atoms with Crippen LogP contribution in [0.2, 0.25) is 0 Å². The molecule has 1 aliphatic heterocycles. The van der Waals surface area contributed by atoms with Crippen LogP contribution in [0.15, 0.2) is 120 Å². The lowest BCUT2D eigenvalue weighted by atomic mass is 9.97. The highest BCUT2D eigenvalue weighted by Gasteiger charge is 2.28. The van der Waals surface area contributed by atoms with Crippen molar-refractivity contribution >= 4 is 44.5 Å². The molecular formula is C35H28BrN3OS. The summed E-state index contributed by atoms with van der Waals surface area (Å²) in [4.78, 5) is 0.700. The average Bonchev–Trinajstić information content (AvgIpc) is 3.43. The van der Waals surface area contributed by atoms with E-state index >= 15 is 0 Å². The highest BCUT2D eigenvalue weighted by atomic mass is 79.9. The van der Waals surface area contributed by atoms with E-state index in [2.05, 4.69) is 78.9 Å². The number of hydrogen-bond acceptors (Lipinski definition) is 2. The number of nitrogens with zero attached hydrogens (tertiary/aromatic N) is 2. The Hall–Kier alpha value is -4.13. The number of para-hydroxylation sites is 1. The van der Waals surface area contributed by atoms with E-state index in [1.165, 1.54) is 28.0 Å². The number of ether oxygens (including phenoxy) is 1. The van der Waals surface area contributed by atoms with Crippen molar-refractivity contribution in [1.29, 1.82) is 0 Å². The number of imidazole rings is 1. The third-order valence-corrected chi connectivity index (χ3v) is 8.47. The Balaban J connectivity index is 1.38. The van der Waals surface area contributed by atoms with Crippen molar-refractivity contribution < 1.29 is 4.74 Å². The molecule has 4 nitrogen and oxygen atoms in total. The minimum Gasteiger partial charge on any atom is -0.457 e. The number of halogens is 1. The molecule has 0 radical (unpaired) electrons. The van der Waals surface area contributed by atoms with Crippen LogP contribution in [0, 0.1) is 0 Å². The molecule has 2 aromatic heterocycles. The lowest BCUT2D eigenvalue weighted by Crippen LogP contribution is -2.14. The zero-order valence-corrected chi connectivity index (χ0v) is 24.8. The molecule has 7 rings (SSSR count). The van der Waals surface area contributed by atoms with Gasteiger partial charge in [-0.2, -0.15) is 0 Å². The van der Waals surface area contributed by atoms with Gasteiger partial charge < -0.3 is 14.6 Å². The minimum absolute atomic E-state index is 0.700. The van der Waals surface area contributed by atoms with Crippen molar-refractivity contribution in [3.05, 3.63) is 131 Å². The van der Waals surface area contributed by atoms with Gasteiger partial charge in [0.25, 0.3) is 0 Å². The fourth-order valence-corrected chi connectivity index (χ4v) is 6.38. The number of anilines is 1. The second-order valence-electron chi connectivity index (χ2n) is 10.3. The molecule has 0 bridgehead atoms. The molecule has 0 saturated heterocycles. The summed E-state index contributed by atoms with van der Waals surface area (Å²) in [5.41, 5.74) is 9.31. The van der Waals surface area contributed by atoms with E-state index in [1.807, 2.05) is 66.7 Å². The summed E-state index contributed by atoms with van der Waals surface area (Å²) in [5.74, 6) is 1.63. The van der Waals surface area contributed by atoms with Gasteiger partial charge in [-0.25, -0.2) is 0 Å². The van der Waals surface area contributed by atoms with Crippen LogP contribution in [0.3, 0.4) is 0 Å². The van der Waals surface area contributed by atoms with E-state index in [0.29, 0.717) is 4.99 Å². The average molecular weight is 619 g/mol. The lowest BCUT2D eigenvalue weighted by molar-refractivity contribution is 0.483. The van der Waals surface area contributed by atoms with E-state index in [1.54, 1.807) is 0 Å². The molecule has 6 heteroatoms. The van der Waals surface area contributed by atoms with Crippen LogP contribution < -0.4 is 10.1 Å². The van der Waals surface area contributed by atoms with Crippen LogP contribution in [-0.4, -0.2) is 14.0 Å². The van der Waals surface area contributed by atoms with Gasteiger partial charge in [-0.15, -0.1) is 0 Å². The normalized spacial score (nSPS) is 12.7. The summed E-state index contributed by atoms with van der Waals surface area (Å²) < 4.78 is 11.9. The van der Waals surface area contributed by atoms with Crippen LogP contribution in [0.5, 0.6) is 11.5 Å². The van der Waals surface area contributed by atoms with Gasteiger partial charge in [0, 0.05) is 34.0 Å². The van der Waals surface area contributed by atoms with Crippen molar-refractivity contribution in [2.24, 2.45) is 0 Å². The van der Waals surface area contributed by atoms with Gasteiger partial charge in [-0.05, 0) is 78.9 Å². The SMILES string of the molecule is S=C(Nc1ccc(Br)cc1)c1c(-c2ccc(Oc3ccccc3)cc2)c2c3n(c(-c4ccccc4)cn13)CCCC2. The van der Waals surface area contributed by atoms with Gasteiger partial charge >= 0.3 is 0 Å². The number of rotatable bonds is 6. The molecule has 0 unspecified atom stereocenters. The summed E-state index contributed by atoms with van der Waals surface area (Å²) in [6.45, 7) is 0.980. The van der Waals surface area contributed by atoms with E-state index < -0.39 is 0 Å². The fraction of sp³-hybridized carbons (Fsp3) is 0.114. The third-order valence-electron chi connectivity index (χ3n) is 7.64. The van der Waals surface area contributed by atoms with Gasteiger partial charge in [-0.3, -0.25) is 4.40 Å². The van der Waals surface area contributed by atoms with Crippen molar-refractivity contribution in [2.45, 2.75) is 25.8 Å². The van der Waals surface area contributed by atoms with Crippen molar-refractivity contribution in [3.63, 3.8) is 0 Å². The highest BCUT2D eigenvalue weighted by Crippen LogP contribution is 2.40. The molecular weight excluding hydrogens is 590 g/mol. The largest absolute Gasteiger partial charge is 0.457 e. The van der Waals surface area contributed by atoms with E-state index in [-0.39, 0.29) is 0 Å². The molecule has 0 saturated carbocycles. The Kier molecular flexibility index (Phi) is 6.95. The van der Waals surface area contributed by atoms with Crippen molar-refractivity contribution in [2.75, 3.05) is 5.32 Å². The quantitative estimate of drug-likeness (QED) is 0.189. The Morgan fingerprint density at radius 2 is 1.44 bits per heavy atom. The Morgan fingerprint density at radius 3 is 2.17 bits per heavy atom. The summed E-state index contributed by atoms with van der Waals surface area (Å²) in [6.07, 6.45) is 5.53. The number of aromatic nitrogens is 2. The van der Waals surface area contributed by atoms with Crippen LogP contribution in [0.25, 0.3) is 28.0 Å². The second kappa shape index (κ2) is 11.0. The number of nitrogens with one attached hydrogen (secondary N) is 1. The molecule has 4 aromatic carbocycles. The van der Waals surface area contributed by atoms with Gasteiger partial charge in [-0.1, -0.05) is 88.8 Å². The molecule has 0 spiro atoms. The Morgan fingerprint density at radius 1 is 0.756 bits per heavy atom. The monoisotopic (exact) mass is 617 g/mol. The second-order valence-corrected chi connectivity index (χ2v) is 11.6. The zero-order chi connectivity index (χ0) is 27.8. The first-order chi connectivity index (χ1) is 20.2. The Bertz CT molecular complexity index is 1840. The fourth-order valence-electron chi connectivity index (χ4n) is 5.80. The molecule has 0 atom stereocenters. The highest BCUT2D eigenvalue weighted by molar-refractivity contribution is 9.10. The summed E-state index contributed by atoms with van der Waals surface area (Å²) in [5, 5.41) is 3.53. The maximum absolute atomic E-state index is 6.17. The first-order valence-electron chi connectivity index (χ1n) is 13.9. The molecule has 6 aromatic rings. The first-order valence-corrected chi connectivity index (χ1v) is 15.1. The predicted octanol–water partition coefficient (Wildman–Crippen LogP) is 9.75. The van der Waals surface area contributed by atoms with Gasteiger partial charge in [0.05, 0.1) is 11.4 Å². The summed E-state index contributed by atoms with van der Waals surface area (Å²) >= 11 is 9.71. The first kappa shape index (κ1) is 25.8.